The summed E-state index contributed by atoms with van der Waals surface area (Å²) in [5, 5.41) is 2.98. The standard InChI is InChI=1S/C14H20N2O.ClH/c15-8-4-5-9-16-14(17)13-10-12(13)11-6-2-1-3-7-11;/h1-3,6-7,12-13H,4-5,8-10,15H2,(H,16,17);1H. The van der Waals surface area contributed by atoms with Crippen molar-refractivity contribution in [2.45, 2.75) is 25.2 Å². The van der Waals surface area contributed by atoms with Crippen LogP contribution in [0.3, 0.4) is 0 Å². The molecular weight excluding hydrogens is 248 g/mol. The molecule has 100 valence electrons. The zero-order valence-electron chi connectivity index (χ0n) is 10.5. The number of carbonyl (C=O) groups excluding carboxylic acids is 1. The summed E-state index contributed by atoms with van der Waals surface area (Å²) in [6.07, 6.45) is 2.95. The van der Waals surface area contributed by atoms with E-state index in [1.807, 2.05) is 18.2 Å². The van der Waals surface area contributed by atoms with Crippen LogP contribution in [0.25, 0.3) is 0 Å². The van der Waals surface area contributed by atoms with Crippen molar-refractivity contribution in [1.29, 1.82) is 0 Å². The largest absolute Gasteiger partial charge is 0.356 e. The minimum Gasteiger partial charge on any atom is -0.356 e. The summed E-state index contributed by atoms with van der Waals surface area (Å²) in [7, 11) is 0. The number of carbonyl (C=O) groups is 1. The molecule has 1 aromatic rings. The van der Waals surface area contributed by atoms with Crippen molar-refractivity contribution >= 4 is 18.3 Å². The Kier molecular flexibility index (Phi) is 6.16. The fourth-order valence-electron chi connectivity index (χ4n) is 2.17. The van der Waals surface area contributed by atoms with Crippen molar-refractivity contribution in [2.75, 3.05) is 13.1 Å². The number of hydrogen-bond donors (Lipinski definition) is 2. The van der Waals surface area contributed by atoms with Gasteiger partial charge in [0.1, 0.15) is 0 Å². The van der Waals surface area contributed by atoms with Crippen LogP contribution < -0.4 is 11.1 Å². The number of hydrogen-bond acceptors (Lipinski definition) is 2. The van der Waals surface area contributed by atoms with E-state index >= 15 is 0 Å². The minimum atomic E-state index is 0. The number of rotatable bonds is 6. The topological polar surface area (TPSA) is 55.1 Å². The summed E-state index contributed by atoms with van der Waals surface area (Å²) in [4.78, 5) is 11.8. The SMILES string of the molecule is Cl.NCCCCNC(=O)C1CC1c1ccccc1. The van der Waals surface area contributed by atoms with E-state index in [9.17, 15) is 4.79 Å². The Balaban J connectivity index is 0.00000162. The van der Waals surface area contributed by atoms with E-state index in [4.69, 9.17) is 5.73 Å². The smallest absolute Gasteiger partial charge is 0.223 e. The van der Waals surface area contributed by atoms with Crippen molar-refractivity contribution in [3.05, 3.63) is 35.9 Å². The third kappa shape index (κ3) is 4.00. The Bertz CT molecular complexity index is 369. The molecule has 2 rings (SSSR count). The molecule has 0 aliphatic heterocycles. The highest BCUT2D eigenvalue weighted by molar-refractivity contribution is 5.85. The molecule has 0 aromatic heterocycles. The second-order valence-corrected chi connectivity index (χ2v) is 4.65. The van der Waals surface area contributed by atoms with Gasteiger partial charge in [-0.2, -0.15) is 0 Å². The first kappa shape index (κ1) is 15.0. The predicted octanol–water partition coefficient (Wildman–Crippen LogP) is 2.07. The fraction of sp³-hybridized carbons (Fsp3) is 0.500. The van der Waals surface area contributed by atoms with Gasteiger partial charge in [0.05, 0.1) is 0 Å². The van der Waals surface area contributed by atoms with E-state index in [-0.39, 0.29) is 24.2 Å². The van der Waals surface area contributed by atoms with Gasteiger partial charge in [0, 0.05) is 12.5 Å². The van der Waals surface area contributed by atoms with E-state index in [1.54, 1.807) is 0 Å². The van der Waals surface area contributed by atoms with Gasteiger partial charge in [0.2, 0.25) is 5.91 Å². The highest BCUT2D eigenvalue weighted by Crippen LogP contribution is 2.47. The van der Waals surface area contributed by atoms with Gasteiger partial charge in [-0.1, -0.05) is 30.3 Å². The summed E-state index contributed by atoms with van der Waals surface area (Å²) in [5.74, 6) is 0.830. The molecule has 2 unspecified atom stereocenters. The van der Waals surface area contributed by atoms with Crippen LogP contribution in [0.15, 0.2) is 30.3 Å². The maximum Gasteiger partial charge on any atom is 0.223 e. The molecule has 0 heterocycles. The molecule has 0 radical (unpaired) electrons. The van der Waals surface area contributed by atoms with Gasteiger partial charge in [-0.25, -0.2) is 0 Å². The van der Waals surface area contributed by atoms with Crippen LogP contribution in [-0.2, 0) is 4.79 Å². The average Bonchev–Trinajstić information content (AvgIpc) is 3.16. The molecule has 0 spiro atoms. The van der Waals surface area contributed by atoms with Crippen molar-refractivity contribution in [2.24, 2.45) is 11.7 Å². The van der Waals surface area contributed by atoms with E-state index in [2.05, 4.69) is 17.4 Å². The average molecular weight is 269 g/mol. The third-order valence-corrected chi connectivity index (χ3v) is 3.29. The third-order valence-electron chi connectivity index (χ3n) is 3.29. The van der Waals surface area contributed by atoms with Crippen LogP contribution in [0.2, 0.25) is 0 Å². The van der Waals surface area contributed by atoms with Crippen LogP contribution in [0.1, 0.15) is 30.7 Å². The lowest BCUT2D eigenvalue weighted by atomic mass is 10.1. The van der Waals surface area contributed by atoms with Gasteiger partial charge in [-0.3, -0.25) is 4.79 Å². The zero-order valence-corrected chi connectivity index (χ0v) is 11.3. The Hall–Kier alpha value is -1.06. The molecule has 1 aliphatic rings. The highest BCUT2D eigenvalue weighted by Gasteiger charge is 2.43. The predicted molar refractivity (Wildman–Crippen MR) is 75.8 cm³/mol. The molecule has 3 nitrogen and oxygen atoms in total. The quantitative estimate of drug-likeness (QED) is 0.776. The van der Waals surface area contributed by atoms with Gasteiger partial charge in [0.25, 0.3) is 0 Å². The second-order valence-electron chi connectivity index (χ2n) is 4.65. The second kappa shape index (κ2) is 7.39. The van der Waals surface area contributed by atoms with E-state index in [0.29, 0.717) is 12.5 Å². The summed E-state index contributed by atoms with van der Waals surface area (Å²) >= 11 is 0. The first-order valence-electron chi connectivity index (χ1n) is 6.35. The summed E-state index contributed by atoms with van der Waals surface area (Å²) in [6.45, 7) is 1.46. The lowest BCUT2D eigenvalue weighted by molar-refractivity contribution is -0.122. The van der Waals surface area contributed by atoms with Gasteiger partial charge in [-0.05, 0) is 37.3 Å². The fourth-order valence-corrected chi connectivity index (χ4v) is 2.17. The molecule has 0 saturated heterocycles. The van der Waals surface area contributed by atoms with Gasteiger partial charge in [-0.15, -0.1) is 12.4 Å². The van der Waals surface area contributed by atoms with Crippen molar-refractivity contribution in [1.82, 2.24) is 5.32 Å². The lowest BCUT2D eigenvalue weighted by Gasteiger charge is -2.04. The number of nitrogens with two attached hydrogens (primary N) is 1. The normalized spacial score (nSPS) is 20.9. The molecule has 1 amide bonds. The van der Waals surface area contributed by atoms with Crippen LogP contribution in [-0.4, -0.2) is 19.0 Å². The van der Waals surface area contributed by atoms with Crippen LogP contribution in [0.4, 0.5) is 0 Å². The summed E-state index contributed by atoms with van der Waals surface area (Å²) in [5.41, 5.74) is 6.69. The first-order valence-corrected chi connectivity index (χ1v) is 6.35. The van der Waals surface area contributed by atoms with Crippen molar-refractivity contribution < 1.29 is 4.79 Å². The molecule has 1 aromatic carbocycles. The number of halogens is 1. The zero-order chi connectivity index (χ0) is 12.1. The molecule has 3 N–H and O–H groups in total. The number of nitrogens with one attached hydrogen (secondary N) is 1. The van der Waals surface area contributed by atoms with Crippen LogP contribution in [0, 0.1) is 5.92 Å². The van der Waals surface area contributed by atoms with E-state index < -0.39 is 0 Å². The maximum absolute atomic E-state index is 11.8. The molecule has 1 aliphatic carbocycles. The first-order chi connectivity index (χ1) is 8.33. The molecular formula is C14H21ClN2O. The molecule has 4 heteroatoms. The van der Waals surface area contributed by atoms with E-state index in [0.717, 1.165) is 25.8 Å². The van der Waals surface area contributed by atoms with Gasteiger partial charge in [0.15, 0.2) is 0 Å². The highest BCUT2D eigenvalue weighted by atomic mass is 35.5. The molecule has 2 atom stereocenters. The Morgan fingerprint density at radius 3 is 2.67 bits per heavy atom. The molecule has 18 heavy (non-hydrogen) atoms. The van der Waals surface area contributed by atoms with Gasteiger partial charge >= 0.3 is 0 Å². The number of unbranched alkanes of at least 4 members (excludes halogenated alkanes) is 1. The maximum atomic E-state index is 11.8. The number of amides is 1. The van der Waals surface area contributed by atoms with Crippen molar-refractivity contribution in [3.63, 3.8) is 0 Å². The van der Waals surface area contributed by atoms with Crippen LogP contribution >= 0.6 is 12.4 Å². The van der Waals surface area contributed by atoms with E-state index in [1.165, 1.54) is 5.56 Å². The summed E-state index contributed by atoms with van der Waals surface area (Å²) in [6, 6.07) is 10.3. The minimum absolute atomic E-state index is 0. The van der Waals surface area contributed by atoms with Crippen LogP contribution in [0.5, 0.6) is 0 Å². The Morgan fingerprint density at radius 2 is 2.00 bits per heavy atom. The summed E-state index contributed by atoms with van der Waals surface area (Å²) < 4.78 is 0. The van der Waals surface area contributed by atoms with Gasteiger partial charge < -0.3 is 11.1 Å². The Morgan fingerprint density at radius 1 is 1.28 bits per heavy atom. The lowest BCUT2D eigenvalue weighted by Crippen LogP contribution is -2.26. The molecule has 1 saturated carbocycles. The monoisotopic (exact) mass is 268 g/mol. The molecule has 0 bridgehead atoms. The number of benzene rings is 1. The molecule has 1 fully saturated rings. The Labute approximate surface area is 115 Å². The van der Waals surface area contributed by atoms with Crippen molar-refractivity contribution in [3.8, 4) is 0 Å².